The van der Waals surface area contributed by atoms with Crippen molar-refractivity contribution < 1.29 is 28.2 Å². The minimum Gasteiger partial charge on any atom is -0.396 e. The van der Waals surface area contributed by atoms with E-state index in [1.54, 1.807) is 4.90 Å². The standard InChI is InChI=1S/C14H19F3N2O3/c15-14(16,17)11-4-1-2-5-12(11)18-13(22)10-19(7-9-21)6-3-8-20/h1-2,4-5,20-21H,3,6-10H2,(H,18,22). The van der Waals surface area contributed by atoms with Gasteiger partial charge in [-0.25, -0.2) is 0 Å². The second-order valence-corrected chi connectivity index (χ2v) is 4.67. The molecule has 22 heavy (non-hydrogen) atoms. The van der Waals surface area contributed by atoms with Crippen LogP contribution in [0.5, 0.6) is 0 Å². The lowest BCUT2D eigenvalue weighted by atomic mass is 10.1. The van der Waals surface area contributed by atoms with Crippen LogP contribution < -0.4 is 5.32 Å². The number of nitrogens with one attached hydrogen (secondary N) is 1. The zero-order valence-electron chi connectivity index (χ0n) is 11.9. The third-order valence-electron chi connectivity index (χ3n) is 2.92. The van der Waals surface area contributed by atoms with Crippen LogP contribution in [0.25, 0.3) is 0 Å². The van der Waals surface area contributed by atoms with Crippen molar-refractivity contribution in [2.75, 3.05) is 38.2 Å². The summed E-state index contributed by atoms with van der Waals surface area (Å²) in [5.41, 5.74) is -1.21. The molecule has 8 heteroatoms. The number of carbonyl (C=O) groups excluding carboxylic acids is 1. The van der Waals surface area contributed by atoms with Crippen LogP contribution in [0.3, 0.4) is 0 Å². The number of nitrogens with zero attached hydrogens (tertiary/aromatic N) is 1. The van der Waals surface area contributed by atoms with Crippen molar-refractivity contribution in [2.45, 2.75) is 12.6 Å². The van der Waals surface area contributed by atoms with Gasteiger partial charge in [0, 0.05) is 19.7 Å². The predicted octanol–water partition coefficient (Wildman–Crippen LogP) is 1.32. The number of aliphatic hydroxyl groups excluding tert-OH is 2. The van der Waals surface area contributed by atoms with Crippen LogP contribution in [0.1, 0.15) is 12.0 Å². The number of halogens is 3. The number of rotatable bonds is 8. The van der Waals surface area contributed by atoms with E-state index in [1.165, 1.54) is 18.2 Å². The normalized spacial score (nSPS) is 11.7. The molecule has 0 saturated heterocycles. The van der Waals surface area contributed by atoms with Gasteiger partial charge in [-0.1, -0.05) is 12.1 Å². The number of para-hydroxylation sites is 1. The third kappa shape index (κ3) is 6.00. The van der Waals surface area contributed by atoms with Crippen LogP contribution in [0.4, 0.5) is 18.9 Å². The molecule has 0 fully saturated rings. The molecule has 124 valence electrons. The Balaban J connectivity index is 2.72. The van der Waals surface area contributed by atoms with E-state index >= 15 is 0 Å². The van der Waals surface area contributed by atoms with Crippen molar-refractivity contribution in [3.63, 3.8) is 0 Å². The summed E-state index contributed by atoms with van der Waals surface area (Å²) >= 11 is 0. The maximum Gasteiger partial charge on any atom is 0.418 e. The molecule has 0 saturated carbocycles. The summed E-state index contributed by atoms with van der Waals surface area (Å²) in [6.45, 7) is 0.158. The van der Waals surface area contributed by atoms with Crippen LogP contribution in [0, 0.1) is 0 Å². The minimum atomic E-state index is -4.55. The molecule has 1 aromatic carbocycles. The lowest BCUT2D eigenvalue weighted by Gasteiger charge is -2.21. The molecule has 0 atom stereocenters. The highest BCUT2D eigenvalue weighted by Crippen LogP contribution is 2.34. The van der Waals surface area contributed by atoms with Crippen molar-refractivity contribution in [3.8, 4) is 0 Å². The van der Waals surface area contributed by atoms with Crippen molar-refractivity contribution in [1.82, 2.24) is 4.90 Å². The van der Waals surface area contributed by atoms with Gasteiger partial charge < -0.3 is 15.5 Å². The van der Waals surface area contributed by atoms with E-state index < -0.39 is 17.6 Å². The minimum absolute atomic E-state index is 0.0690. The number of carbonyl (C=O) groups is 1. The number of aliphatic hydroxyl groups is 2. The number of amides is 1. The molecule has 3 N–H and O–H groups in total. The number of hydrogen-bond acceptors (Lipinski definition) is 4. The molecule has 0 aliphatic rings. The summed E-state index contributed by atoms with van der Waals surface area (Å²) in [5, 5.41) is 19.9. The first kappa shape index (κ1) is 18.4. The number of anilines is 1. The van der Waals surface area contributed by atoms with Gasteiger partial charge in [0.1, 0.15) is 0 Å². The summed E-state index contributed by atoms with van der Waals surface area (Å²) in [6.07, 6.45) is -4.14. The highest BCUT2D eigenvalue weighted by Gasteiger charge is 2.33. The maximum atomic E-state index is 12.8. The monoisotopic (exact) mass is 320 g/mol. The molecule has 0 bridgehead atoms. The van der Waals surface area contributed by atoms with Gasteiger partial charge in [0.05, 0.1) is 24.4 Å². The Bertz CT molecular complexity index is 481. The van der Waals surface area contributed by atoms with Gasteiger partial charge in [0.15, 0.2) is 0 Å². The molecular formula is C14H19F3N2O3. The lowest BCUT2D eigenvalue weighted by molar-refractivity contribution is -0.137. The number of hydrogen-bond donors (Lipinski definition) is 3. The highest BCUT2D eigenvalue weighted by atomic mass is 19.4. The van der Waals surface area contributed by atoms with Gasteiger partial charge in [-0.3, -0.25) is 9.69 Å². The summed E-state index contributed by atoms with van der Waals surface area (Å²) in [6, 6.07) is 4.73. The van der Waals surface area contributed by atoms with E-state index in [9.17, 15) is 18.0 Å². The maximum absolute atomic E-state index is 12.8. The molecule has 0 heterocycles. The smallest absolute Gasteiger partial charge is 0.396 e. The second-order valence-electron chi connectivity index (χ2n) is 4.67. The van der Waals surface area contributed by atoms with Gasteiger partial charge in [-0.15, -0.1) is 0 Å². The fourth-order valence-electron chi connectivity index (χ4n) is 1.94. The van der Waals surface area contributed by atoms with E-state index in [0.717, 1.165) is 6.07 Å². The second kappa shape index (κ2) is 8.72. The molecule has 1 aromatic rings. The molecular weight excluding hydrogens is 301 g/mol. The van der Waals surface area contributed by atoms with E-state index in [4.69, 9.17) is 10.2 Å². The zero-order valence-corrected chi connectivity index (χ0v) is 11.9. The largest absolute Gasteiger partial charge is 0.418 e. The Morgan fingerprint density at radius 3 is 2.41 bits per heavy atom. The predicted molar refractivity (Wildman–Crippen MR) is 75.3 cm³/mol. The van der Waals surface area contributed by atoms with Crippen LogP contribution >= 0.6 is 0 Å². The molecule has 0 aliphatic carbocycles. The topological polar surface area (TPSA) is 72.8 Å². The van der Waals surface area contributed by atoms with Crippen LogP contribution in [-0.4, -0.2) is 53.9 Å². The Kier molecular flexibility index (Phi) is 7.30. The fourth-order valence-corrected chi connectivity index (χ4v) is 1.94. The van der Waals surface area contributed by atoms with E-state index in [0.29, 0.717) is 13.0 Å². The van der Waals surface area contributed by atoms with Crippen molar-refractivity contribution in [3.05, 3.63) is 29.8 Å². The average molecular weight is 320 g/mol. The fraction of sp³-hybridized carbons (Fsp3) is 0.500. The van der Waals surface area contributed by atoms with Crippen LogP contribution in [0.15, 0.2) is 24.3 Å². The molecule has 0 aliphatic heterocycles. The molecule has 1 rings (SSSR count). The molecule has 0 aromatic heterocycles. The summed E-state index contributed by atoms with van der Waals surface area (Å²) in [7, 11) is 0. The molecule has 0 unspecified atom stereocenters. The lowest BCUT2D eigenvalue weighted by Crippen LogP contribution is -2.36. The summed E-state index contributed by atoms with van der Waals surface area (Å²) in [4.78, 5) is 13.4. The molecule has 0 spiro atoms. The first-order valence-electron chi connectivity index (χ1n) is 6.78. The van der Waals surface area contributed by atoms with Gasteiger partial charge in [-0.05, 0) is 18.6 Å². The van der Waals surface area contributed by atoms with Crippen LogP contribution in [0.2, 0.25) is 0 Å². The first-order valence-corrected chi connectivity index (χ1v) is 6.78. The number of alkyl halides is 3. The molecule has 1 amide bonds. The Morgan fingerprint density at radius 1 is 1.14 bits per heavy atom. The van der Waals surface area contributed by atoms with Gasteiger partial charge in [0.2, 0.25) is 5.91 Å². The molecule has 0 radical (unpaired) electrons. The van der Waals surface area contributed by atoms with Gasteiger partial charge in [-0.2, -0.15) is 13.2 Å². The Morgan fingerprint density at radius 2 is 1.82 bits per heavy atom. The number of benzene rings is 1. The van der Waals surface area contributed by atoms with Gasteiger partial charge in [0.25, 0.3) is 0 Å². The summed E-state index contributed by atoms with van der Waals surface area (Å²) in [5.74, 6) is -0.608. The van der Waals surface area contributed by atoms with Crippen molar-refractivity contribution >= 4 is 11.6 Å². The average Bonchev–Trinajstić information content (AvgIpc) is 2.44. The zero-order chi connectivity index (χ0) is 16.6. The Labute approximate surface area is 126 Å². The third-order valence-corrected chi connectivity index (χ3v) is 2.92. The van der Waals surface area contributed by atoms with Gasteiger partial charge >= 0.3 is 6.18 Å². The molecule has 5 nitrogen and oxygen atoms in total. The quantitative estimate of drug-likeness (QED) is 0.675. The summed E-state index contributed by atoms with van der Waals surface area (Å²) < 4.78 is 38.5. The van der Waals surface area contributed by atoms with E-state index in [1.807, 2.05) is 0 Å². The van der Waals surface area contributed by atoms with Crippen molar-refractivity contribution in [1.29, 1.82) is 0 Å². The first-order chi connectivity index (χ1) is 10.4. The highest BCUT2D eigenvalue weighted by molar-refractivity contribution is 5.93. The van der Waals surface area contributed by atoms with Crippen LogP contribution in [-0.2, 0) is 11.0 Å². The van der Waals surface area contributed by atoms with Crippen molar-refractivity contribution in [2.24, 2.45) is 0 Å². The Hall–Kier alpha value is -1.64. The van der Waals surface area contributed by atoms with E-state index in [2.05, 4.69) is 5.32 Å². The SMILES string of the molecule is O=C(CN(CCO)CCCO)Nc1ccccc1C(F)(F)F. The van der Waals surface area contributed by atoms with E-state index in [-0.39, 0.29) is 32.0 Å².